The molecule has 0 unspecified atom stereocenters. The molecule has 3 heteroatoms. The van der Waals surface area contributed by atoms with Crippen molar-refractivity contribution in [1.29, 1.82) is 0 Å². The van der Waals surface area contributed by atoms with Crippen molar-refractivity contribution in [3.8, 4) is 0 Å². The van der Waals surface area contributed by atoms with Gasteiger partial charge in [0.2, 0.25) is 0 Å². The lowest BCUT2D eigenvalue weighted by Crippen LogP contribution is -2.06. The molecule has 0 fully saturated rings. The van der Waals surface area contributed by atoms with Crippen LogP contribution in [-0.2, 0) is 14.6 Å². The van der Waals surface area contributed by atoms with Gasteiger partial charge in [0, 0.05) is 6.42 Å². The Morgan fingerprint density at radius 1 is 1.06 bits per heavy atom. The van der Waals surface area contributed by atoms with Crippen LogP contribution in [0.25, 0.3) is 0 Å². The number of rotatable bonds is 11. The summed E-state index contributed by atoms with van der Waals surface area (Å²) in [6.07, 6.45) is 8.29. The third-order valence-electron chi connectivity index (χ3n) is 2.65. The van der Waals surface area contributed by atoms with Crippen molar-refractivity contribution in [2.24, 2.45) is 5.92 Å². The highest BCUT2D eigenvalue weighted by Gasteiger charge is 2.02. The van der Waals surface area contributed by atoms with Gasteiger partial charge < -0.3 is 0 Å². The predicted molar refractivity (Wildman–Crippen MR) is 69.5 cm³/mol. The summed E-state index contributed by atoms with van der Waals surface area (Å²) in [6, 6.07) is 0. The lowest BCUT2D eigenvalue weighted by atomic mass is 10.0. The molecule has 0 aliphatic heterocycles. The second-order valence-corrected chi connectivity index (χ2v) is 4.98. The first kappa shape index (κ1) is 16.4. The van der Waals surface area contributed by atoms with E-state index in [4.69, 9.17) is 4.89 Å². The van der Waals surface area contributed by atoms with Gasteiger partial charge in [0.05, 0.1) is 6.61 Å². The summed E-state index contributed by atoms with van der Waals surface area (Å²) in [5.74, 6) is 0.553. The molecule has 17 heavy (non-hydrogen) atoms. The summed E-state index contributed by atoms with van der Waals surface area (Å²) in [5.41, 5.74) is 0. The Kier molecular flexibility index (Phi) is 11.5. The molecule has 0 aliphatic rings. The normalized spacial score (nSPS) is 10.8. The van der Waals surface area contributed by atoms with E-state index in [0.717, 1.165) is 31.6 Å². The van der Waals surface area contributed by atoms with E-state index < -0.39 is 0 Å². The molecule has 0 rings (SSSR count). The molecule has 102 valence electrons. The summed E-state index contributed by atoms with van der Waals surface area (Å²) in [6.45, 7) is 7.07. The number of carbonyl (C=O) groups is 1. The largest absolute Gasteiger partial charge is 0.342 e. The fraction of sp³-hybridized carbons (Fsp3) is 0.929. The summed E-state index contributed by atoms with van der Waals surface area (Å²) < 4.78 is 0. The van der Waals surface area contributed by atoms with Crippen molar-refractivity contribution in [3.05, 3.63) is 0 Å². The first-order valence-corrected chi connectivity index (χ1v) is 6.99. The summed E-state index contributed by atoms with van der Waals surface area (Å²) in [4.78, 5) is 20.6. The summed E-state index contributed by atoms with van der Waals surface area (Å²) in [7, 11) is 0. The highest BCUT2D eigenvalue weighted by atomic mass is 17.2. The molecule has 0 amide bonds. The van der Waals surface area contributed by atoms with Crippen molar-refractivity contribution in [2.45, 2.75) is 72.1 Å². The van der Waals surface area contributed by atoms with E-state index in [-0.39, 0.29) is 5.97 Å². The second-order valence-electron chi connectivity index (χ2n) is 4.98. The van der Waals surface area contributed by atoms with Gasteiger partial charge in [0.15, 0.2) is 0 Å². The van der Waals surface area contributed by atoms with E-state index in [9.17, 15) is 4.79 Å². The molecule has 0 spiro atoms. The molecule has 0 heterocycles. The van der Waals surface area contributed by atoms with Crippen molar-refractivity contribution < 1.29 is 14.6 Å². The lowest BCUT2D eigenvalue weighted by Gasteiger charge is -2.05. The Labute approximate surface area is 106 Å². The maximum absolute atomic E-state index is 11.1. The van der Waals surface area contributed by atoms with Gasteiger partial charge in [-0.1, -0.05) is 52.9 Å². The number of carbonyl (C=O) groups excluding carboxylic acids is 1. The predicted octanol–water partition coefficient (Wildman–Crippen LogP) is 4.26. The van der Waals surface area contributed by atoms with Crippen LogP contribution < -0.4 is 0 Å². The van der Waals surface area contributed by atoms with Crippen LogP contribution in [-0.4, -0.2) is 12.6 Å². The van der Waals surface area contributed by atoms with Crippen LogP contribution in [0.5, 0.6) is 0 Å². The Bertz CT molecular complexity index is 178. The third-order valence-corrected chi connectivity index (χ3v) is 2.65. The molecule has 0 radical (unpaired) electrons. The van der Waals surface area contributed by atoms with E-state index >= 15 is 0 Å². The Balaban J connectivity index is 3.10. The van der Waals surface area contributed by atoms with Crippen molar-refractivity contribution in [2.75, 3.05) is 6.61 Å². The van der Waals surface area contributed by atoms with Crippen LogP contribution in [0, 0.1) is 5.92 Å². The zero-order chi connectivity index (χ0) is 12.9. The van der Waals surface area contributed by atoms with Crippen LogP contribution in [0.3, 0.4) is 0 Å². The Morgan fingerprint density at radius 2 is 1.76 bits per heavy atom. The first-order valence-electron chi connectivity index (χ1n) is 6.99. The van der Waals surface area contributed by atoms with Gasteiger partial charge in [-0.3, -0.25) is 4.89 Å². The second kappa shape index (κ2) is 11.9. The average Bonchev–Trinajstić information content (AvgIpc) is 2.29. The maximum Gasteiger partial charge on any atom is 0.342 e. The molecule has 0 aromatic carbocycles. The van der Waals surface area contributed by atoms with Gasteiger partial charge in [-0.05, 0) is 18.8 Å². The van der Waals surface area contributed by atoms with Gasteiger partial charge in [-0.15, -0.1) is 0 Å². The highest BCUT2D eigenvalue weighted by Crippen LogP contribution is 2.09. The summed E-state index contributed by atoms with van der Waals surface area (Å²) >= 11 is 0. The van der Waals surface area contributed by atoms with Gasteiger partial charge in [-0.25, -0.2) is 4.79 Å². The SMILES string of the molecule is CCCCC(=O)OOCCCCCCC(C)C. The zero-order valence-corrected chi connectivity index (χ0v) is 11.7. The molecule has 0 N–H and O–H groups in total. The highest BCUT2D eigenvalue weighted by molar-refractivity contribution is 5.68. The summed E-state index contributed by atoms with van der Waals surface area (Å²) in [5, 5.41) is 0. The first-order chi connectivity index (χ1) is 8.16. The van der Waals surface area contributed by atoms with Crippen molar-refractivity contribution in [3.63, 3.8) is 0 Å². The molecule has 0 saturated heterocycles. The quantitative estimate of drug-likeness (QED) is 0.309. The molecule has 0 aliphatic carbocycles. The van der Waals surface area contributed by atoms with Gasteiger partial charge >= 0.3 is 5.97 Å². The molecule has 0 aromatic rings. The smallest absolute Gasteiger partial charge is 0.298 e. The number of hydrogen-bond donors (Lipinski definition) is 0. The van der Waals surface area contributed by atoms with E-state index in [0.29, 0.717) is 13.0 Å². The molecule has 0 saturated carbocycles. The van der Waals surface area contributed by atoms with Crippen LogP contribution in [0.2, 0.25) is 0 Å². The average molecular weight is 244 g/mol. The monoisotopic (exact) mass is 244 g/mol. The lowest BCUT2D eigenvalue weighted by molar-refractivity contribution is -0.272. The molecular formula is C14H28O3. The van der Waals surface area contributed by atoms with Gasteiger partial charge in [0.1, 0.15) is 0 Å². The van der Waals surface area contributed by atoms with Gasteiger partial charge in [0.25, 0.3) is 0 Å². The minimum absolute atomic E-state index is 0.244. The number of unbranched alkanes of at least 4 members (excludes halogenated alkanes) is 4. The molecule has 0 atom stereocenters. The van der Waals surface area contributed by atoms with Crippen LogP contribution in [0.15, 0.2) is 0 Å². The maximum atomic E-state index is 11.1. The third kappa shape index (κ3) is 13.4. The van der Waals surface area contributed by atoms with E-state index in [1.807, 2.05) is 6.92 Å². The minimum Gasteiger partial charge on any atom is -0.298 e. The van der Waals surface area contributed by atoms with Gasteiger partial charge in [-0.2, -0.15) is 4.89 Å². The molecule has 0 aromatic heterocycles. The Hall–Kier alpha value is -0.570. The van der Waals surface area contributed by atoms with Crippen molar-refractivity contribution >= 4 is 5.97 Å². The van der Waals surface area contributed by atoms with Crippen LogP contribution in [0.1, 0.15) is 72.1 Å². The standard InChI is InChI=1S/C14H28O3/c1-4-5-11-14(15)17-16-12-9-7-6-8-10-13(2)3/h13H,4-12H2,1-3H3. The van der Waals surface area contributed by atoms with E-state index in [2.05, 4.69) is 18.7 Å². The fourth-order valence-corrected chi connectivity index (χ4v) is 1.54. The fourth-order valence-electron chi connectivity index (χ4n) is 1.54. The van der Waals surface area contributed by atoms with Crippen molar-refractivity contribution in [1.82, 2.24) is 0 Å². The van der Waals surface area contributed by atoms with E-state index in [1.54, 1.807) is 0 Å². The molecule has 3 nitrogen and oxygen atoms in total. The minimum atomic E-state index is -0.244. The van der Waals surface area contributed by atoms with E-state index in [1.165, 1.54) is 19.3 Å². The topological polar surface area (TPSA) is 35.5 Å². The Morgan fingerprint density at radius 3 is 2.41 bits per heavy atom. The molecule has 0 bridgehead atoms. The van der Waals surface area contributed by atoms with Crippen LogP contribution >= 0.6 is 0 Å². The number of hydrogen-bond acceptors (Lipinski definition) is 3. The molecular weight excluding hydrogens is 216 g/mol. The van der Waals surface area contributed by atoms with Crippen LogP contribution in [0.4, 0.5) is 0 Å². The zero-order valence-electron chi connectivity index (χ0n) is 11.7.